The number of nitrogen functional groups attached to an aromatic ring is 1. The highest BCUT2D eigenvalue weighted by molar-refractivity contribution is 7.89. The Labute approximate surface area is 115 Å². The lowest BCUT2D eigenvalue weighted by atomic mass is 10.1. The molecule has 0 amide bonds. The molecule has 0 aromatic carbocycles. The van der Waals surface area contributed by atoms with Crippen molar-refractivity contribution in [2.24, 2.45) is 5.92 Å². The van der Waals surface area contributed by atoms with Gasteiger partial charge >= 0.3 is 0 Å². The Balaban J connectivity index is 3.09. The lowest BCUT2D eigenvalue weighted by Crippen LogP contribution is -2.34. The van der Waals surface area contributed by atoms with Gasteiger partial charge in [-0.05, 0) is 12.8 Å². The standard InChI is InChI=1S/C12H24N4O2S/c1-5-10(4)8-16(7-3)19(17,18)11-9-15(6-2)14-12(11)13/h9-10H,5-8H2,1-4H3,(H2,13,14). The summed E-state index contributed by atoms with van der Waals surface area (Å²) in [5, 5.41) is 4.00. The van der Waals surface area contributed by atoms with Gasteiger partial charge in [-0.3, -0.25) is 4.68 Å². The van der Waals surface area contributed by atoms with Gasteiger partial charge in [0.2, 0.25) is 10.0 Å². The van der Waals surface area contributed by atoms with E-state index < -0.39 is 10.0 Å². The third-order valence-electron chi connectivity index (χ3n) is 3.26. The summed E-state index contributed by atoms with van der Waals surface area (Å²) in [6.07, 6.45) is 2.44. The van der Waals surface area contributed by atoms with Gasteiger partial charge in [0.1, 0.15) is 4.90 Å². The minimum atomic E-state index is -3.55. The zero-order chi connectivity index (χ0) is 14.6. The molecule has 1 heterocycles. The summed E-state index contributed by atoms with van der Waals surface area (Å²) in [6.45, 7) is 9.35. The molecular weight excluding hydrogens is 264 g/mol. The van der Waals surface area contributed by atoms with Crippen LogP contribution >= 0.6 is 0 Å². The maximum atomic E-state index is 12.6. The first-order chi connectivity index (χ1) is 8.86. The average molecular weight is 288 g/mol. The number of rotatable bonds is 7. The van der Waals surface area contributed by atoms with Gasteiger partial charge in [-0.25, -0.2) is 8.42 Å². The summed E-state index contributed by atoms with van der Waals surface area (Å²) in [6, 6.07) is 0. The van der Waals surface area contributed by atoms with Crippen LogP contribution in [0.4, 0.5) is 5.82 Å². The van der Waals surface area contributed by atoms with E-state index in [0.717, 1.165) is 6.42 Å². The molecule has 110 valence electrons. The van der Waals surface area contributed by atoms with Crippen molar-refractivity contribution >= 4 is 15.8 Å². The molecule has 0 aliphatic carbocycles. The fourth-order valence-electron chi connectivity index (χ4n) is 1.79. The first-order valence-electron chi connectivity index (χ1n) is 6.69. The number of nitrogens with two attached hydrogens (primary N) is 1. The van der Waals surface area contributed by atoms with Crippen LogP contribution < -0.4 is 5.73 Å². The molecule has 19 heavy (non-hydrogen) atoms. The van der Waals surface area contributed by atoms with Gasteiger partial charge < -0.3 is 5.73 Å². The highest BCUT2D eigenvalue weighted by Crippen LogP contribution is 2.22. The number of sulfonamides is 1. The largest absolute Gasteiger partial charge is 0.381 e. The zero-order valence-electron chi connectivity index (χ0n) is 12.1. The fraction of sp³-hybridized carbons (Fsp3) is 0.750. The molecule has 6 nitrogen and oxygen atoms in total. The maximum Gasteiger partial charge on any atom is 0.248 e. The van der Waals surface area contributed by atoms with Gasteiger partial charge in [0.05, 0.1) is 0 Å². The van der Waals surface area contributed by atoms with E-state index in [0.29, 0.717) is 25.6 Å². The number of aryl methyl sites for hydroxylation is 1. The van der Waals surface area contributed by atoms with E-state index >= 15 is 0 Å². The monoisotopic (exact) mass is 288 g/mol. The second-order valence-corrected chi connectivity index (χ2v) is 6.61. The van der Waals surface area contributed by atoms with Gasteiger partial charge in [-0.2, -0.15) is 9.40 Å². The quantitative estimate of drug-likeness (QED) is 0.825. The second kappa shape index (κ2) is 6.38. The Kier molecular flexibility index (Phi) is 5.37. The molecule has 2 N–H and O–H groups in total. The number of hydrogen-bond acceptors (Lipinski definition) is 4. The third kappa shape index (κ3) is 3.48. The molecule has 1 atom stereocenters. The van der Waals surface area contributed by atoms with Crippen molar-refractivity contribution in [2.75, 3.05) is 18.8 Å². The van der Waals surface area contributed by atoms with Crippen molar-refractivity contribution in [3.05, 3.63) is 6.20 Å². The van der Waals surface area contributed by atoms with Crippen LogP contribution in [-0.4, -0.2) is 35.6 Å². The van der Waals surface area contributed by atoms with Crippen molar-refractivity contribution in [2.45, 2.75) is 45.6 Å². The molecule has 0 spiro atoms. The SMILES string of the molecule is CCC(C)CN(CC)S(=O)(=O)c1cn(CC)nc1N. The highest BCUT2D eigenvalue weighted by atomic mass is 32.2. The summed E-state index contributed by atoms with van der Waals surface area (Å²) in [7, 11) is -3.55. The minimum Gasteiger partial charge on any atom is -0.381 e. The highest BCUT2D eigenvalue weighted by Gasteiger charge is 2.28. The number of nitrogens with zero attached hydrogens (tertiary/aromatic N) is 3. The Morgan fingerprint density at radius 3 is 2.47 bits per heavy atom. The average Bonchev–Trinajstić information content (AvgIpc) is 2.77. The summed E-state index contributed by atoms with van der Waals surface area (Å²) in [4.78, 5) is 0.111. The van der Waals surface area contributed by atoms with Gasteiger partial charge in [0, 0.05) is 25.8 Å². The predicted molar refractivity (Wildman–Crippen MR) is 76.2 cm³/mol. The number of hydrogen-bond donors (Lipinski definition) is 1. The third-order valence-corrected chi connectivity index (χ3v) is 5.22. The molecule has 1 aromatic rings. The second-order valence-electron chi connectivity index (χ2n) is 4.70. The fourth-order valence-corrected chi connectivity index (χ4v) is 3.42. The van der Waals surface area contributed by atoms with Crippen LogP contribution in [0.25, 0.3) is 0 Å². The Morgan fingerprint density at radius 2 is 2.05 bits per heavy atom. The van der Waals surface area contributed by atoms with Crippen LogP contribution in [0.1, 0.15) is 34.1 Å². The van der Waals surface area contributed by atoms with Gasteiger partial charge in [-0.1, -0.05) is 27.2 Å². The lowest BCUT2D eigenvalue weighted by Gasteiger charge is -2.22. The van der Waals surface area contributed by atoms with E-state index in [4.69, 9.17) is 5.73 Å². The molecule has 0 bridgehead atoms. The van der Waals surface area contributed by atoms with Gasteiger partial charge in [0.15, 0.2) is 5.82 Å². The van der Waals surface area contributed by atoms with Crippen molar-refractivity contribution in [1.29, 1.82) is 0 Å². The van der Waals surface area contributed by atoms with Crippen LogP contribution in [0.5, 0.6) is 0 Å². The molecular formula is C12H24N4O2S. The van der Waals surface area contributed by atoms with E-state index in [9.17, 15) is 8.42 Å². The molecule has 1 rings (SSSR count). The van der Waals surface area contributed by atoms with Crippen molar-refractivity contribution < 1.29 is 8.42 Å². The topological polar surface area (TPSA) is 81.2 Å². The first-order valence-corrected chi connectivity index (χ1v) is 8.13. The molecule has 7 heteroatoms. The summed E-state index contributed by atoms with van der Waals surface area (Å²) >= 11 is 0. The van der Waals surface area contributed by atoms with E-state index in [1.807, 2.05) is 20.8 Å². The molecule has 0 aliphatic heterocycles. The van der Waals surface area contributed by atoms with Crippen LogP contribution in [0, 0.1) is 5.92 Å². The predicted octanol–water partition coefficient (Wildman–Crippen LogP) is 1.54. The molecule has 0 radical (unpaired) electrons. The number of anilines is 1. The van der Waals surface area contributed by atoms with E-state index in [-0.39, 0.29) is 10.7 Å². The molecule has 0 saturated carbocycles. The Hall–Kier alpha value is -1.08. The van der Waals surface area contributed by atoms with Crippen molar-refractivity contribution in [1.82, 2.24) is 14.1 Å². The molecule has 1 unspecified atom stereocenters. The molecule has 1 aromatic heterocycles. The van der Waals surface area contributed by atoms with E-state index in [1.54, 1.807) is 4.68 Å². The smallest absolute Gasteiger partial charge is 0.248 e. The maximum absolute atomic E-state index is 12.6. The first kappa shape index (κ1) is 16.0. The molecule has 0 saturated heterocycles. The van der Waals surface area contributed by atoms with Crippen LogP contribution in [0.2, 0.25) is 0 Å². The summed E-state index contributed by atoms with van der Waals surface area (Å²) in [5.74, 6) is 0.390. The summed E-state index contributed by atoms with van der Waals surface area (Å²) < 4.78 is 28.1. The minimum absolute atomic E-state index is 0.0736. The van der Waals surface area contributed by atoms with Crippen LogP contribution in [-0.2, 0) is 16.6 Å². The number of aromatic nitrogens is 2. The van der Waals surface area contributed by atoms with Crippen LogP contribution in [0.15, 0.2) is 11.1 Å². The molecule has 0 aliphatic rings. The van der Waals surface area contributed by atoms with Gasteiger partial charge in [0.25, 0.3) is 0 Å². The van der Waals surface area contributed by atoms with Crippen molar-refractivity contribution in [3.63, 3.8) is 0 Å². The lowest BCUT2D eigenvalue weighted by molar-refractivity contribution is 0.361. The Bertz CT molecular complexity index is 510. The summed E-state index contributed by atoms with van der Waals surface area (Å²) in [5.41, 5.74) is 5.72. The van der Waals surface area contributed by atoms with Crippen molar-refractivity contribution in [3.8, 4) is 0 Å². The van der Waals surface area contributed by atoms with E-state index in [1.165, 1.54) is 10.5 Å². The Morgan fingerprint density at radius 1 is 1.42 bits per heavy atom. The van der Waals surface area contributed by atoms with Crippen LogP contribution in [0.3, 0.4) is 0 Å². The van der Waals surface area contributed by atoms with Gasteiger partial charge in [-0.15, -0.1) is 0 Å². The van der Waals surface area contributed by atoms with E-state index in [2.05, 4.69) is 12.0 Å². The normalized spacial score (nSPS) is 13.9. The zero-order valence-corrected chi connectivity index (χ0v) is 12.9. The molecule has 0 fully saturated rings.